The van der Waals surface area contributed by atoms with Crippen LogP contribution in [0.25, 0.3) is 0 Å². The highest BCUT2D eigenvalue weighted by Gasteiger charge is 2.09. The van der Waals surface area contributed by atoms with Crippen LogP contribution < -0.4 is 14.2 Å². The second-order valence-electron chi connectivity index (χ2n) is 2.95. The van der Waals surface area contributed by atoms with Gasteiger partial charge in [0, 0.05) is 0 Å². The SMILES string of the molecule is C=CCOc1nc(OCC=C)nc(OCCO)n1. The lowest BCUT2D eigenvalue weighted by Crippen LogP contribution is -2.09. The summed E-state index contributed by atoms with van der Waals surface area (Å²) in [5.41, 5.74) is 0. The predicted octanol–water partition coefficient (Wildman–Crippen LogP) is 0.372. The molecule has 0 saturated carbocycles. The molecule has 1 aromatic heterocycles. The number of aromatic nitrogens is 3. The number of nitrogens with zero attached hydrogens (tertiary/aromatic N) is 3. The van der Waals surface area contributed by atoms with Crippen molar-refractivity contribution >= 4 is 0 Å². The van der Waals surface area contributed by atoms with E-state index in [1.165, 1.54) is 0 Å². The average molecular weight is 253 g/mol. The van der Waals surface area contributed by atoms with Gasteiger partial charge in [-0.1, -0.05) is 25.3 Å². The average Bonchev–Trinajstić information content (AvgIpc) is 2.40. The van der Waals surface area contributed by atoms with Gasteiger partial charge < -0.3 is 19.3 Å². The van der Waals surface area contributed by atoms with Gasteiger partial charge in [0.05, 0.1) is 6.61 Å². The van der Waals surface area contributed by atoms with Gasteiger partial charge in [-0.2, -0.15) is 0 Å². The summed E-state index contributed by atoms with van der Waals surface area (Å²) in [7, 11) is 0. The van der Waals surface area contributed by atoms with Gasteiger partial charge in [-0.15, -0.1) is 15.0 Å². The van der Waals surface area contributed by atoms with Crippen molar-refractivity contribution in [1.29, 1.82) is 0 Å². The molecule has 1 rings (SSSR count). The molecule has 0 atom stereocenters. The van der Waals surface area contributed by atoms with Gasteiger partial charge in [0.25, 0.3) is 0 Å². The van der Waals surface area contributed by atoms with Gasteiger partial charge in [0.1, 0.15) is 19.8 Å². The van der Waals surface area contributed by atoms with Crippen LogP contribution in [0.1, 0.15) is 0 Å². The topological polar surface area (TPSA) is 86.6 Å². The molecule has 1 aromatic rings. The molecule has 0 spiro atoms. The molecule has 1 heterocycles. The van der Waals surface area contributed by atoms with Gasteiger partial charge in [-0.05, 0) is 0 Å². The fraction of sp³-hybridized carbons (Fsp3) is 0.364. The molecular formula is C11H15N3O4. The normalized spacial score (nSPS) is 9.61. The maximum absolute atomic E-state index is 8.66. The maximum atomic E-state index is 8.66. The largest absolute Gasteiger partial charge is 0.461 e. The highest BCUT2D eigenvalue weighted by Crippen LogP contribution is 2.14. The van der Waals surface area contributed by atoms with Crippen LogP contribution in [0.4, 0.5) is 0 Å². The summed E-state index contributed by atoms with van der Waals surface area (Å²) < 4.78 is 15.4. The highest BCUT2D eigenvalue weighted by molar-refractivity contribution is 5.09. The molecule has 0 unspecified atom stereocenters. The summed E-state index contributed by atoms with van der Waals surface area (Å²) in [5, 5.41) is 8.66. The number of hydrogen-bond donors (Lipinski definition) is 1. The third-order valence-corrected chi connectivity index (χ3v) is 1.56. The van der Waals surface area contributed by atoms with E-state index in [2.05, 4.69) is 28.1 Å². The van der Waals surface area contributed by atoms with Gasteiger partial charge >= 0.3 is 18.0 Å². The minimum absolute atomic E-state index is 0.0252. The Bertz CT molecular complexity index is 368. The van der Waals surface area contributed by atoms with Crippen molar-refractivity contribution in [3.05, 3.63) is 25.3 Å². The molecule has 7 heteroatoms. The van der Waals surface area contributed by atoms with Crippen LogP contribution >= 0.6 is 0 Å². The highest BCUT2D eigenvalue weighted by atomic mass is 16.5. The molecule has 0 aliphatic rings. The molecule has 1 N–H and O–H groups in total. The Hall–Kier alpha value is -2.15. The van der Waals surface area contributed by atoms with Crippen molar-refractivity contribution in [2.75, 3.05) is 26.4 Å². The maximum Gasteiger partial charge on any atom is 0.326 e. The van der Waals surface area contributed by atoms with Crippen LogP contribution in [0.3, 0.4) is 0 Å². The molecule has 0 radical (unpaired) electrons. The van der Waals surface area contributed by atoms with Crippen molar-refractivity contribution in [2.45, 2.75) is 0 Å². The fourth-order valence-electron chi connectivity index (χ4n) is 0.918. The van der Waals surface area contributed by atoms with E-state index in [4.69, 9.17) is 19.3 Å². The van der Waals surface area contributed by atoms with Crippen LogP contribution in [0.2, 0.25) is 0 Å². The summed E-state index contributed by atoms with van der Waals surface area (Å²) in [4.78, 5) is 11.7. The summed E-state index contributed by atoms with van der Waals surface area (Å²) in [6, 6.07) is 0.158. The van der Waals surface area contributed by atoms with Crippen molar-refractivity contribution in [3.8, 4) is 18.0 Å². The third-order valence-electron chi connectivity index (χ3n) is 1.56. The Morgan fingerprint density at radius 2 is 1.33 bits per heavy atom. The molecule has 0 aliphatic heterocycles. The zero-order valence-electron chi connectivity index (χ0n) is 9.91. The quantitative estimate of drug-likeness (QED) is 0.636. The summed E-state index contributed by atoms with van der Waals surface area (Å²) in [6.45, 7) is 7.47. The van der Waals surface area contributed by atoms with E-state index in [-0.39, 0.29) is 44.5 Å². The zero-order valence-corrected chi connectivity index (χ0v) is 9.91. The van der Waals surface area contributed by atoms with E-state index >= 15 is 0 Å². The first-order valence-corrected chi connectivity index (χ1v) is 5.27. The van der Waals surface area contributed by atoms with Gasteiger partial charge in [0.2, 0.25) is 0 Å². The standard InChI is InChI=1S/C11H15N3O4/c1-3-6-16-9-12-10(17-7-4-2)14-11(13-9)18-8-5-15/h3-4,15H,1-2,5-8H2. The van der Waals surface area contributed by atoms with E-state index in [0.717, 1.165) is 0 Å². The minimum atomic E-state index is -0.141. The lowest BCUT2D eigenvalue weighted by Gasteiger charge is -2.07. The molecule has 0 amide bonds. The smallest absolute Gasteiger partial charge is 0.326 e. The first-order valence-electron chi connectivity index (χ1n) is 5.27. The molecule has 0 saturated heterocycles. The third kappa shape index (κ3) is 4.79. The van der Waals surface area contributed by atoms with Crippen LogP contribution in [-0.2, 0) is 0 Å². The van der Waals surface area contributed by atoms with Gasteiger partial charge in [-0.3, -0.25) is 0 Å². The second-order valence-corrected chi connectivity index (χ2v) is 2.95. The Kier molecular flexibility index (Phi) is 6.20. The van der Waals surface area contributed by atoms with Crippen molar-refractivity contribution in [1.82, 2.24) is 15.0 Å². The number of hydrogen-bond acceptors (Lipinski definition) is 7. The lowest BCUT2D eigenvalue weighted by atomic mass is 10.7. The van der Waals surface area contributed by atoms with Crippen LogP contribution in [0.15, 0.2) is 25.3 Å². The Balaban J connectivity index is 2.80. The van der Waals surface area contributed by atoms with E-state index in [1.54, 1.807) is 12.2 Å². The minimum Gasteiger partial charge on any atom is -0.461 e. The lowest BCUT2D eigenvalue weighted by molar-refractivity contribution is 0.185. The summed E-state index contributed by atoms with van der Waals surface area (Å²) >= 11 is 0. The Morgan fingerprint density at radius 3 is 1.72 bits per heavy atom. The second kappa shape index (κ2) is 8.02. The Labute approximate surface area is 105 Å². The van der Waals surface area contributed by atoms with Crippen molar-refractivity contribution < 1.29 is 19.3 Å². The van der Waals surface area contributed by atoms with E-state index in [0.29, 0.717) is 0 Å². The molecule has 98 valence electrons. The summed E-state index contributed by atoms with van der Waals surface area (Å²) in [5.74, 6) is 0. The first kappa shape index (κ1) is 13.9. The predicted molar refractivity (Wildman–Crippen MR) is 63.8 cm³/mol. The van der Waals surface area contributed by atoms with Gasteiger partial charge in [-0.25, -0.2) is 0 Å². The number of aliphatic hydroxyl groups is 1. The first-order chi connectivity index (χ1) is 8.80. The summed E-state index contributed by atoms with van der Waals surface area (Å²) in [6.07, 6.45) is 3.12. The van der Waals surface area contributed by atoms with Crippen LogP contribution in [0, 0.1) is 0 Å². The molecule has 0 aromatic carbocycles. The Morgan fingerprint density at radius 1 is 0.889 bits per heavy atom. The molecule has 0 fully saturated rings. The number of rotatable bonds is 9. The van der Waals surface area contributed by atoms with Crippen LogP contribution in [-0.4, -0.2) is 46.5 Å². The van der Waals surface area contributed by atoms with Crippen molar-refractivity contribution in [2.24, 2.45) is 0 Å². The molecule has 18 heavy (non-hydrogen) atoms. The van der Waals surface area contributed by atoms with E-state index < -0.39 is 0 Å². The zero-order chi connectivity index (χ0) is 13.2. The molecule has 0 aliphatic carbocycles. The monoisotopic (exact) mass is 253 g/mol. The van der Waals surface area contributed by atoms with Crippen molar-refractivity contribution in [3.63, 3.8) is 0 Å². The number of aliphatic hydroxyl groups excluding tert-OH is 1. The van der Waals surface area contributed by atoms with Crippen LogP contribution in [0.5, 0.6) is 18.0 Å². The van der Waals surface area contributed by atoms with E-state index in [9.17, 15) is 0 Å². The fourth-order valence-corrected chi connectivity index (χ4v) is 0.918. The molecule has 0 bridgehead atoms. The molecular weight excluding hydrogens is 238 g/mol. The molecule has 7 nitrogen and oxygen atoms in total. The van der Waals surface area contributed by atoms with E-state index in [1.807, 2.05) is 0 Å². The van der Waals surface area contributed by atoms with Gasteiger partial charge in [0.15, 0.2) is 0 Å². The number of ether oxygens (including phenoxy) is 3.